The third kappa shape index (κ3) is 4.42. The molecule has 0 fully saturated rings. The number of hydrogen-bond acceptors (Lipinski definition) is 3. The minimum Gasteiger partial charge on any atom is -0.356 e. The second kappa shape index (κ2) is 7.14. The first kappa shape index (κ1) is 14.7. The molecule has 5 heteroatoms. The van der Waals surface area contributed by atoms with E-state index in [2.05, 4.69) is 10.3 Å². The largest absolute Gasteiger partial charge is 0.356 e. The lowest BCUT2D eigenvalue weighted by molar-refractivity contribution is -0.121. The van der Waals surface area contributed by atoms with E-state index in [0.29, 0.717) is 19.4 Å². The molecule has 0 unspecified atom stereocenters. The van der Waals surface area contributed by atoms with Crippen molar-refractivity contribution in [3.63, 3.8) is 0 Å². The summed E-state index contributed by atoms with van der Waals surface area (Å²) in [6, 6.07) is 6.36. The Morgan fingerprint density at radius 2 is 2.25 bits per heavy atom. The third-order valence-corrected chi connectivity index (χ3v) is 4.04. The van der Waals surface area contributed by atoms with E-state index in [0.717, 1.165) is 17.7 Å². The Balaban J connectivity index is 1.69. The predicted octanol–water partition coefficient (Wildman–Crippen LogP) is 2.88. The van der Waals surface area contributed by atoms with Gasteiger partial charge in [-0.3, -0.25) is 4.79 Å². The van der Waals surface area contributed by atoms with Crippen molar-refractivity contribution in [3.8, 4) is 0 Å². The second-order valence-corrected chi connectivity index (χ2v) is 5.53. The van der Waals surface area contributed by atoms with Crippen molar-refractivity contribution >= 4 is 17.2 Å². The lowest BCUT2D eigenvalue weighted by Gasteiger charge is -2.05. The maximum atomic E-state index is 13.0. The molecule has 1 heterocycles. The van der Waals surface area contributed by atoms with Crippen LogP contribution >= 0.6 is 11.3 Å². The van der Waals surface area contributed by atoms with Gasteiger partial charge in [-0.15, -0.1) is 11.3 Å². The van der Waals surface area contributed by atoms with Crippen LogP contribution in [0.3, 0.4) is 0 Å². The number of aromatic nitrogens is 1. The second-order valence-electron chi connectivity index (χ2n) is 4.59. The average Bonchev–Trinajstić information content (AvgIpc) is 2.82. The molecule has 0 saturated carbocycles. The van der Waals surface area contributed by atoms with Crippen LogP contribution in [-0.4, -0.2) is 17.4 Å². The SMILES string of the molecule is Cc1ncsc1CCNC(=O)CCc1cccc(F)c1. The Labute approximate surface area is 121 Å². The third-order valence-electron chi connectivity index (χ3n) is 3.05. The first-order chi connectivity index (χ1) is 9.65. The maximum Gasteiger partial charge on any atom is 0.220 e. The maximum absolute atomic E-state index is 13.0. The van der Waals surface area contributed by atoms with Gasteiger partial charge in [0, 0.05) is 24.3 Å². The van der Waals surface area contributed by atoms with Gasteiger partial charge < -0.3 is 5.32 Å². The minimum absolute atomic E-state index is 0.00331. The number of nitrogens with zero attached hydrogens (tertiary/aromatic N) is 1. The molecule has 0 bridgehead atoms. The molecular weight excluding hydrogens is 275 g/mol. The molecule has 20 heavy (non-hydrogen) atoms. The number of carbonyl (C=O) groups is 1. The van der Waals surface area contributed by atoms with Gasteiger partial charge in [-0.05, 0) is 31.0 Å². The number of carbonyl (C=O) groups excluding carboxylic acids is 1. The van der Waals surface area contributed by atoms with Gasteiger partial charge in [-0.2, -0.15) is 0 Å². The molecule has 2 rings (SSSR count). The van der Waals surface area contributed by atoms with Gasteiger partial charge in [-0.1, -0.05) is 12.1 Å². The van der Waals surface area contributed by atoms with Gasteiger partial charge in [-0.25, -0.2) is 9.37 Å². The number of rotatable bonds is 6. The summed E-state index contributed by atoms with van der Waals surface area (Å²) in [7, 11) is 0. The van der Waals surface area contributed by atoms with E-state index in [-0.39, 0.29) is 11.7 Å². The van der Waals surface area contributed by atoms with E-state index in [1.807, 2.05) is 18.5 Å². The molecule has 0 aliphatic rings. The topological polar surface area (TPSA) is 42.0 Å². The number of amides is 1. The van der Waals surface area contributed by atoms with Crippen molar-refractivity contribution in [1.29, 1.82) is 0 Å². The normalized spacial score (nSPS) is 10.5. The standard InChI is InChI=1S/C15H17FN2OS/c1-11-14(20-10-18-11)7-8-17-15(19)6-5-12-3-2-4-13(16)9-12/h2-4,9-10H,5-8H2,1H3,(H,17,19). The van der Waals surface area contributed by atoms with Crippen LogP contribution in [0, 0.1) is 12.7 Å². The van der Waals surface area contributed by atoms with E-state index < -0.39 is 0 Å². The number of thiazole rings is 1. The van der Waals surface area contributed by atoms with Gasteiger partial charge in [0.1, 0.15) is 5.82 Å². The minimum atomic E-state index is -0.261. The van der Waals surface area contributed by atoms with E-state index >= 15 is 0 Å². The molecule has 0 radical (unpaired) electrons. The van der Waals surface area contributed by atoms with Crippen molar-refractivity contribution in [1.82, 2.24) is 10.3 Å². The van der Waals surface area contributed by atoms with Gasteiger partial charge in [0.05, 0.1) is 11.2 Å². The Bertz CT molecular complexity index is 583. The Morgan fingerprint density at radius 3 is 2.95 bits per heavy atom. The average molecular weight is 292 g/mol. The molecule has 0 saturated heterocycles. The van der Waals surface area contributed by atoms with Gasteiger partial charge in [0.15, 0.2) is 0 Å². The van der Waals surface area contributed by atoms with Crippen molar-refractivity contribution in [2.75, 3.05) is 6.54 Å². The van der Waals surface area contributed by atoms with Crippen LogP contribution in [0.5, 0.6) is 0 Å². The van der Waals surface area contributed by atoms with Crippen LogP contribution in [0.1, 0.15) is 22.6 Å². The molecule has 1 aromatic carbocycles. The van der Waals surface area contributed by atoms with Crippen LogP contribution in [0.4, 0.5) is 4.39 Å². The lowest BCUT2D eigenvalue weighted by Crippen LogP contribution is -2.25. The Hall–Kier alpha value is -1.75. The zero-order valence-electron chi connectivity index (χ0n) is 11.4. The summed E-state index contributed by atoms with van der Waals surface area (Å²) in [5, 5.41) is 2.88. The van der Waals surface area contributed by atoms with Crippen molar-refractivity contribution in [3.05, 3.63) is 51.7 Å². The first-order valence-electron chi connectivity index (χ1n) is 6.55. The van der Waals surface area contributed by atoms with E-state index in [1.54, 1.807) is 17.4 Å². The van der Waals surface area contributed by atoms with E-state index in [4.69, 9.17) is 0 Å². The fourth-order valence-corrected chi connectivity index (χ4v) is 2.70. The summed E-state index contributed by atoms with van der Waals surface area (Å²) in [5.41, 5.74) is 3.69. The molecule has 0 aliphatic carbocycles. The fourth-order valence-electron chi connectivity index (χ4n) is 1.92. The first-order valence-corrected chi connectivity index (χ1v) is 7.43. The van der Waals surface area contributed by atoms with E-state index in [9.17, 15) is 9.18 Å². The van der Waals surface area contributed by atoms with Crippen molar-refractivity contribution in [2.24, 2.45) is 0 Å². The van der Waals surface area contributed by atoms with Crippen molar-refractivity contribution in [2.45, 2.75) is 26.2 Å². The Morgan fingerprint density at radius 1 is 1.40 bits per heavy atom. The number of benzene rings is 1. The highest BCUT2D eigenvalue weighted by Crippen LogP contribution is 2.12. The lowest BCUT2D eigenvalue weighted by atomic mass is 10.1. The highest BCUT2D eigenvalue weighted by atomic mass is 32.1. The quantitative estimate of drug-likeness (QED) is 0.889. The van der Waals surface area contributed by atoms with Crippen LogP contribution in [0.25, 0.3) is 0 Å². The summed E-state index contributed by atoms with van der Waals surface area (Å²) >= 11 is 1.61. The number of halogens is 1. The smallest absolute Gasteiger partial charge is 0.220 e. The highest BCUT2D eigenvalue weighted by Gasteiger charge is 2.05. The molecule has 0 aliphatic heterocycles. The molecule has 0 spiro atoms. The summed E-state index contributed by atoms with van der Waals surface area (Å²) in [6.45, 7) is 2.59. The summed E-state index contributed by atoms with van der Waals surface area (Å²) < 4.78 is 13.0. The molecule has 1 aromatic heterocycles. The van der Waals surface area contributed by atoms with E-state index in [1.165, 1.54) is 17.0 Å². The van der Waals surface area contributed by atoms with Crippen LogP contribution in [-0.2, 0) is 17.6 Å². The zero-order chi connectivity index (χ0) is 14.4. The molecule has 2 aromatic rings. The zero-order valence-corrected chi connectivity index (χ0v) is 12.2. The molecule has 3 nitrogen and oxygen atoms in total. The summed E-state index contributed by atoms with van der Waals surface area (Å²) in [4.78, 5) is 17.1. The number of hydrogen-bond donors (Lipinski definition) is 1. The highest BCUT2D eigenvalue weighted by molar-refractivity contribution is 7.09. The van der Waals surface area contributed by atoms with Crippen molar-refractivity contribution < 1.29 is 9.18 Å². The van der Waals surface area contributed by atoms with Gasteiger partial charge in [0.25, 0.3) is 0 Å². The molecular formula is C15H17FN2OS. The summed E-state index contributed by atoms with van der Waals surface area (Å²) in [6.07, 6.45) is 1.75. The molecule has 1 N–H and O–H groups in total. The van der Waals surface area contributed by atoms with Gasteiger partial charge in [0.2, 0.25) is 5.91 Å². The molecule has 0 atom stereocenters. The van der Waals surface area contributed by atoms with Crippen LogP contribution in [0.15, 0.2) is 29.8 Å². The monoisotopic (exact) mass is 292 g/mol. The number of nitrogens with one attached hydrogen (secondary N) is 1. The fraction of sp³-hybridized carbons (Fsp3) is 0.333. The Kier molecular flexibility index (Phi) is 5.24. The van der Waals surface area contributed by atoms with Gasteiger partial charge >= 0.3 is 0 Å². The number of aryl methyl sites for hydroxylation is 2. The molecule has 1 amide bonds. The predicted molar refractivity (Wildman–Crippen MR) is 78.3 cm³/mol. The summed E-state index contributed by atoms with van der Waals surface area (Å²) in [5.74, 6) is -0.264. The molecule has 106 valence electrons. The van der Waals surface area contributed by atoms with Crippen LogP contribution in [0.2, 0.25) is 0 Å². The van der Waals surface area contributed by atoms with Crippen LogP contribution < -0.4 is 5.32 Å².